The Balaban J connectivity index is 2.36. The summed E-state index contributed by atoms with van der Waals surface area (Å²) < 4.78 is 0. The number of halogens is 3. The minimum absolute atomic E-state index is 0.0626. The summed E-state index contributed by atoms with van der Waals surface area (Å²) in [4.78, 5) is 25.1. The quantitative estimate of drug-likeness (QED) is 0.879. The first kappa shape index (κ1) is 14.1. The maximum Gasteiger partial charge on any atom is 0.268 e. The molecule has 0 aliphatic heterocycles. The summed E-state index contributed by atoms with van der Waals surface area (Å²) in [7, 11) is 0. The van der Waals surface area contributed by atoms with Gasteiger partial charge in [-0.1, -0.05) is 29.3 Å². The second-order valence-corrected chi connectivity index (χ2v) is 5.10. The standard InChI is InChI=1S/C13H8Cl3NO2/c14-9-2-3-10(15)8(6-9)5-7-1-4-11(12(16)18)17-13(7)19/h1-4,6H,5H2,(H,17,19). The van der Waals surface area contributed by atoms with Gasteiger partial charge in [0, 0.05) is 22.0 Å². The topological polar surface area (TPSA) is 49.9 Å². The van der Waals surface area contributed by atoms with Crippen molar-refractivity contribution in [2.45, 2.75) is 6.42 Å². The van der Waals surface area contributed by atoms with Crippen molar-refractivity contribution in [1.29, 1.82) is 0 Å². The lowest BCUT2D eigenvalue weighted by molar-refractivity contribution is 0.107. The van der Waals surface area contributed by atoms with Crippen LogP contribution in [0.25, 0.3) is 0 Å². The molecule has 3 nitrogen and oxygen atoms in total. The second kappa shape index (κ2) is 5.78. The van der Waals surface area contributed by atoms with Gasteiger partial charge in [-0.15, -0.1) is 0 Å². The van der Waals surface area contributed by atoms with Gasteiger partial charge in [0.1, 0.15) is 5.69 Å². The molecule has 0 unspecified atom stereocenters. The van der Waals surface area contributed by atoms with E-state index in [0.717, 1.165) is 5.56 Å². The van der Waals surface area contributed by atoms with E-state index in [-0.39, 0.29) is 11.3 Å². The Morgan fingerprint density at radius 1 is 1.11 bits per heavy atom. The number of rotatable bonds is 3. The molecule has 1 aromatic carbocycles. The Labute approximate surface area is 124 Å². The van der Waals surface area contributed by atoms with Crippen molar-refractivity contribution in [3.05, 3.63) is 67.6 Å². The van der Waals surface area contributed by atoms with Gasteiger partial charge in [0.2, 0.25) is 0 Å². The molecule has 98 valence electrons. The van der Waals surface area contributed by atoms with Gasteiger partial charge in [-0.2, -0.15) is 0 Å². The molecule has 0 spiro atoms. The number of carbonyl (C=O) groups excluding carboxylic acids is 1. The highest BCUT2D eigenvalue weighted by Gasteiger charge is 2.09. The molecule has 0 saturated heterocycles. The van der Waals surface area contributed by atoms with Crippen LogP contribution in [0.4, 0.5) is 0 Å². The van der Waals surface area contributed by atoms with Crippen LogP contribution in [-0.4, -0.2) is 10.2 Å². The average Bonchev–Trinajstić information content (AvgIpc) is 2.36. The number of pyridine rings is 1. The van der Waals surface area contributed by atoms with Crippen molar-refractivity contribution in [3.63, 3.8) is 0 Å². The molecule has 0 atom stereocenters. The summed E-state index contributed by atoms with van der Waals surface area (Å²) in [5.41, 5.74) is 0.908. The van der Waals surface area contributed by atoms with Gasteiger partial charge in [0.25, 0.3) is 10.8 Å². The monoisotopic (exact) mass is 315 g/mol. The van der Waals surface area contributed by atoms with Crippen LogP contribution in [0.1, 0.15) is 21.6 Å². The number of benzene rings is 1. The smallest absolute Gasteiger partial charge is 0.268 e. The summed E-state index contributed by atoms with van der Waals surface area (Å²) in [6.07, 6.45) is 0.325. The Bertz CT molecular complexity index is 695. The largest absolute Gasteiger partial charge is 0.318 e. The number of hydrogen-bond donors (Lipinski definition) is 1. The third-order valence-corrected chi connectivity index (χ3v) is 3.40. The molecular formula is C13H8Cl3NO2. The van der Waals surface area contributed by atoms with Crippen LogP contribution in [-0.2, 0) is 6.42 Å². The summed E-state index contributed by atoms with van der Waals surface area (Å²) >= 11 is 17.2. The van der Waals surface area contributed by atoms with E-state index < -0.39 is 5.24 Å². The van der Waals surface area contributed by atoms with Gasteiger partial charge >= 0.3 is 0 Å². The molecule has 2 aromatic rings. The van der Waals surface area contributed by atoms with E-state index in [1.54, 1.807) is 24.3 Å². The Morgan fingerprint density at radius 3 is 2.47 bits per heavy atom. The molecule has 0 radical (unpaired) electrons. The van der Waals surface area contributed by atoms with Gasteiger partial charge in [-0.3, -0.25) is 9.59 Å². The molecule has 19 heavy (non-hydrogen) atoms. The zero-order valence-electron chi connectivity index (χ0n) is 9.54. The first-order valence-electron chi connectivity index (χ1n) is 5.33. The van der Waals surface area contributed by atoms with Gasteiger partial charge < -0.3 is 4.98 Å². The molecule has 0 aliphatic rings. The van der Waals surface area contributed by atoms with Gasteiger partial charge in [-0.25, -0.2) is 0 Å². The van der Waals surface area contributed by atoms with Crippen LogP contribution >= 0.6 is 34.8 Å². The highest BCUT2D eigenvalue weighted by molar-refractivity contribution is 6.67. The highest BCUT2D eigenvalue weighted by Crippen LogP contribution is 2.22. The van der Waals surface area contributed by atoms with E-state index in [4.69, 9.17) is 34.8 Å². The first-order chi connectivity index (χ1) is 8.97. The Morgan fingerprint density at radius 2 is 1.84 bits per heavy atom. The fourth-order valence-corrected chi connectivity index (χ4v) is 2.13. The van der Waals surface area contributed by atoms with Crippen LogP contribution in [0.5, 0.6) is 0 Å². The minimum atomic E-state index is -0.704. The Kier molecular flexibility index (Phi) is 4.30. The predicted molar refractivity (Wildman–Crippen MR) is 76.5 cm³/mol. The zero-order chi connectivity index (χ0) is 14.0. The lowest BCUT2D eigenvalue weighted by Gasteiger charge is -2.05. The third kappa shape index (κ3) is 3.38. The summed E-state index contributed by atoms with van der Waals surface area (Å²) in [5, 5.41) is 0.370. The minimum Gasteiger partial charge on any atom is -0.318 e. The Hall–Kier alpha value is -1.29. The fourth-order valence-electron chi connectivity index (χ4n) is 1.64. The van der Waals surface area contributed by atoms with Crippen molar-refractivity contribution in [2.24, 2.45) is 0 Å². The van der Waals surface area contributed by atoms with Crippen LogP contribution in [0, 0.1) is 0 Å². The van der Waals surface area contributed by atoms with Crippen molar-refractivity contribution in [1.82, 2.24) is 4.98 Å². The zero-order valence-corrected chi connectivity index (χ0v) is 11.8. The molecule has 1 aromatic heterocycles. The molecule has 0 saturated carbocycles. The van der Waals surface area contributed by atoms with E-state index in [1.807, 2.05) is 0 Å². The summed E-state index contributed by atoms with van der Waals surface area (Å²) in [6, 6.07) is 8.05. The summed E-state index contributed by atoms with van der Waals surface area (Å²) in [6.45, 7) is 0. The molecule has 0 bridgehead atoms. The van der Waals surface area contributed by atoms with E-state index in [9.17, 15) is 9.59 Å². The van der Waals surface area contributed by atoms with E-state index >= 15 is 0 Å². The number of H-pyrrole nitrogens is 1. The number of nitrogens with one attached hydrogen (secondary N) is 1. The van der Waals surface area contributed by atoms with Crippen LogP contribution in [0.2, 0.25) is 10.0 Å². The van der Waals surface area contributed by atoms with Crippen LogP contribution in [0.3, 0.4) is 0 Å². The molecule has 1 heterocycles. The molecule has 1 N–H and O–H groups in total. The second-order valence-electron chi connectivity index (χ2n) is 3.91. The van der Waals surface area contributed by atoms with Crippen LogP contribution < -0.4 is 5.56 Å². The van der Waals surface area contributed by atoms with Crippen molar-refractivity contribution >= 4 is 40.0 Å². The molecule has 0 aliphatic carbocycles. The van der Waals surface area contributed by atoms with Crippen LogP contribution in [0.15, 0.2) is 35.1 Å². The maximum atomic E-state index is 11.8. The van der Waals surface area contributed by atoms with Crippen molar-refractivity contribution < 1.29 is 4.79 Å². The lowest BCUT2D eigenvalue weighted by Crippen LogP contribution is -2.15. The third-order valence-electron chi connectivity index (χ3n) is 2.59. The normalized spacial score (nSPS) is 10.5. The molecular weight excluding hydrogens is 309 g/mol. The first-order valence-corrected chi connectivity index (χ1v) is 6.46. The summed E-state index contributed by atoms with van der Waals surface area (Å²) in [5.74, 6) is 0. The van der Waals surface area contributed by atoms with E-state index in [0.29, 0.717) is 22.0 Å². The maximum absolute atomic E-state index is 11.8. The average molecular weight is 317 g/mol. The van der Waals surface area contributed by atoms with E-state index in [2.05, 4.69) is 4.98 Å². The molecule has 2 rings (SSSR count). The predicted octanol–water partition coefficient (Wildman–Crippen LogP) is 3.65. The highest BCUT2D eigenvalue weighted by atomic mass is 35.5. The van der Waals surface area contributed by atoms with Crippen molar-refractivity contribution in [3.8, 4) is 0 Å². The van der Waals surface area contributed by atoms with Gasteiger partial charge in [0.15, 0.2) is 0 Å². The number of hydrogen-bond acceptors (Lipinski definition) is 2. The molecule has 6 heteroatoms. The number of aromatic amines is 1. The number of carbonyl (C=O) groups is 1. The van der Waals surface area contributed by atoms with Gasteiger partial charge in [0.05, 0.1) is 0 Å². The number of aromatic nitrogens is 1. The molecule has 0 amide bonds. The fraction of sp³-hybridized carbons (Fsp3) is 0.0769. The van der Waals surface area contributed by atoms with E-state index in [1.165, 1.54) is 6.07 Å². The van der Waals surface area contributed by atoms with Crippen molar-refractivity contribution in [2.75, 3.05) is 0 Å². The molecule has 0 fully saturated rings. The lowest BCUT2D eigenvalue weighted by atomic mass is 10.1. The SMILES string of the molecule is O=C(Cl)c1ccc(Cc2cc(Cl)ccc2Cl)c(=O)[nH]1. The van der Waals surface area contributed by atoms with Gasteiger partial charge in [-0.05, 0) is 41.4 Å².